The molecule has 0 heterocycles. The summed E-state index contributed by atoms with van der Waals surface area (Å²) in [6.45, 7) is 12.8. The molecule has 0 spiro atoms. The Labute approximate surface area is 122 Å². The second-order valence-corrected chi connectivity index (χ2v) is 7.36. The van der Waals surface area contributed by atoms with E-state index in [-0.39, 0.29) is 16.8 Å². The third-order valence-electron chi connectivity index (χ3n) is 3.19. The molecule has 1 aromatic rings. The summed E-state index contributed by atoms with van der Waals surface area (Å²) in [4.78, 5) is 12.6. The van der Waals surface area contributed by atoms with Crippen molar-refractivity contribution in [2.75, 3.05) is 7.11 Å². The lowest BCUT2D eigenvalue weighted by molar-refractivity contribution is 0.0596. The molecule has 19 heavy (non-hydrogen) atoms. The average molecular weight is 280 g/mol. The van der Waals surface area contributed by atoms with Crippen LogP contribution >= 0.6 is 12.6 Å². The maximum absolute atomic E-state index is 11.9. The van der Waals surface area contributed by atoms with Gasteiger partial charge in [0.15, 0.2) is 0 Å². The molecule has 1 rings (SSSR count). The summed E-state index contributed by atoms with van der Waals surface area (Å²) in [5.41, 5.74) is 2.65. The molecule has 0 aliphatic rings. The SMILES string of the molecule is COC(=O)c1cc(C(C)(C)C)cc(C(C)(C)C)c1S. The molecule has 106 valence electrons. The Morgan fingerprint density at radius 1 is 1.05 bits per heavy atom. The second kappa shape index (κ2) is 5.20. The minimum Gasteiger partial charge on any atom is -0.465 e. The quantitative estimate of drug-likeness (QED) is 0.611. The first-order valence-corrected chi connectivity index (χ1v) is 6.89. The van der Waals surface area contributed by atoms with E-state index in [1.165, 1.54) is 7.11 Å². The van der Waals surface area contributed by atoms with Crippen molar-refractivity contribution in [1.29, 1.82) is 0 Å². The van der Waals surface area contributed by atoms with Crippen LogP contribution in [0, 0.1) is 0 Å². The smallest absolute Gasteiger partial charge is 0.339 e. The van der Waals surface area contributed by atoms with Crippen LogP contribution in [0.5, 0.6) is 0 Å². The molecule has 0 atom stereocenters. The van der Waals surface area contributed by atoms with E-state index < -0.39 is 0 Å². The normalized spacial score (nSPS) is 12.4. The summed E-state index contributed by atoms with van der Waals surface area (Å²) in [6.07, 6.45) is 0. The van der Waals surface area contributed by atoms with Crippen molar-refractivity contribution in [2.45, 2.75) is 57.3 Å². The number of carbonyl (C=O) groups is 1. The molecule has 0 bridgehead atoms. The lowest BCUT2D eigenvalue weighted by atomic mass is 9.79. The van der Waals surface area contributed by atoms with Crippen molar-refractivity contribution in [3.05, 3.63) is 28.8 Å². The van der Waals surface area contributed by atoms with Crippen LogP contribution in [0.1, 0.15) is 63.0 Å². The van der Waals surface area contributed by atoms with Crippen LogP contribution < -0.4 is 0 Å². The van der Waals surface area contributed by atoms with Crippen LogP contribution in [0.25, 0.3) is 0 Å². The number of hydrogen-bond acceptors (Lipinski definition) is 3. The van der Waals surface area contributed by atoms with E-state index in [4.69, 9.17) is 4.74 Å². The Morgan fingerprint density at radius 2 is 1.58 bits per heavy atom. The highest BCUT2D eigenvalue weighted by atomic mass is 32.1. The Kier molecular flexibility index (Phi) is 4.40. The van der Waals surface area contributed by atoms with Gasteiger partial charge >= 0.3 is 5.97 Å². The first-order valence-electron chi connectivity index (χ1n) is 6.44. The van der Waals surface area contributed by atoms with Crippen LogP contribution in [0.4, 0.5) is 0 Å². The monoisotopic (exact) mass is 280 g/mol. The molecular formula is C16H24O2S. The largest absolute Gasteiger partial charge is 0.465 e. The third kappa shape index (κ3) is 3.53. The van der Waals surface area contributed by atoms with Crippen molar-refractivity contribution in [3.8, 4) is 0 Å². The molecule has 1 aromatic carbocycles. The molecule has 0 radical (unpaired) electrons. The molecule has 0 amide bonds. The molecular weight excluding hydrogens is 256 g/mol. The highest BCUT2D eigenvalue weighted by Crippen LogP contribution is 2.35. The lowest BCUT2D eigenvalue weighted by Gasteiger charge is -2.27. The fourth-order valence-electron chi connectivity index (χ4n) is 1.90. The van der Waals surface area contributed by atoms with E-state index in [0.29, 0.717) is 10.5 Å². The van der Waals surface area contributed by atoms with Crippen molar-refractivity contribution in [1.82, 2.24) is 0 Å². The Balaban J connectivity index is 3.62. The fraction of sp³-hybridized carbons (Fsp3) is 0.562. The number of hydrogen-bond donors (Lipinski definition) is 1. The molecule has 0 fully saturated rings. The predicted octanol–water partition coefficient (Wildman–Crippen LogP) is 4.36. The minimum atomic E-state index is -0.332. The van der Waals surface area contributed by atoms with Gasteiger partial charge in [-0.2, -0.15) is 0 Å². The zero-order valence-corrected chi connectivity index (χ0v) is 13.8. The van der Waals surface area contributed by atoms with Crippen LogP contribution in [0.3, 0.4) is 0 Å². The van der Waals surface area contributed by atoms with E-state index in [1.807, 2.05) is 6.07 Å². The topological polar surface area (TPSA) is 26.3 Å². The number of benzene rings is 1. The molecule has 0 aliphatic heterocycles. The van der Waals surface area contributed by atoms with Gasteiger partial charge in [0.1, 0.15) is 0 Å². The molecule has 3 heteroatoms. The summed E-state index contributed by atoms with van der Waals surface area (Å²) in [5.74, 6) is -0.332. The van der Waals surface area contributed by atoms with E-state index in [2.05, 4.69) is 60.2 Å². The van der Waals surface area contributed by atoms with Gasteiger partial charge in [-0.1, -0.05) is 47.6 Å². The van der Waals surface area contributed by atoms with Gasteiger partial charge in [0.05, 0.1) is 12.7 Å². The van der Waals surface area contributed by atoms with Gasteiger partial charge in [0.25, 0.3) is 0 Å². The molecule has 0 saturated carbocycles. The maximum atomic E-state index is 11.9. The highest BCUT2D eigenvalue weighted by Gasteiger charge is 2.26. The standard InChI is InChI=1S/C16H24O2S/c1-15(2,3)10-8-11(14(17)18-7)13(19)12(9-10)16(4,5)6/h8-9,19H,1-7H3. The highest BCUT2D eigenvalue weighted by molar-refractivity contribution is 7.80. The first-order chi connectivity index (χ1) is 8.48. The van der Waals surface area contributed by atoms with Gasteiger partial charge < -0.3 is 4.74 Å². The molecule has 0 saturated heterocycles. The third-order valence-corrected chi connectivity index (χ3v) is 3.67. The summed E-state index contributed by atoms with van der Waals surface area (Å²) in [6, 6.07) is 4.04. The summed E-state index contributed by atoms with van der Waals surface area (Å²) in [5, 5.41) is 0. The summed E-state index contributed by atoms with van der Waals surface area (Å²) >= 11 is 4.54. The van der Waals surface area contributed by atoms with E-state index >= 15 is 0 Å². The lowest BCUT2D eigenvalue weighted by Crippen LogP contribution is -2.19. The Hall–Kier alpha value is -0.960. The number of esters is 1. The Bertz CT molecular complexity index is 491. The molecule has 2 nitrogen and oxygen atoms in total. The first kappa shape index (κ1) is 16.1. The van der Waals surface area contributed by atoms with Gasteiger partial charge in [-0.25, -0.2) is 4.79 Å². The van der Waals surface area contributed by atoms with Crippen LogP contribution in [-0.4, -0.2) is 13.1 Å². The second-order valence-electron chi connectivity index (χ2n) is 6.91. The number of carbonyl (C=O) groups excluding carboxylic acids is 1. The molecule has 0 unspecified atom stereocenters. The van der Waals surface area contributed by atoms with E-state index in [1.54, 1.807) is 0 Å². The summed E-state index contributed by atoms with van der Waals surface area (Å²) in [7, 11) is 1.40. The molecule has 0 aliphatic carbocycles. The van der Waals surface area contributed by atoms with Crippen LogP contribution in [0.2, 0.25) is 0 Å². The maximum Gasteiger partial charge on any atom is 0.339 e. The van der Waals surface area contributed by atoms with Crippen molar-refractivity contribution < 1.29 is 9.53 Å². The van der Waals surface area contributed by atoms with Crippen LogP contribution in [-0.2, 0) is 15.6 Å². The summed E-state index contributed by atoms with van der Waals surface area (Å²) < 4.78 is 4.86. The minimum absolute atomic E-state index is 0.0236. The molecule has 0 aromatic heterocycles. The van der Waals surface area contributed by atoms with E-state index in [9.17, 15) is 4.79 Å². The van der Waals surface area contributed by atoms with E-state index in [0.717, 1.165) is 11.1 Å². The zero-order valence-electron chi connectivity index (χ0n) is 12.9. The van der Waals surface area contributed by atoms with Crippen molar-refractivity contribution >= 4 is 18.6 Å². The number of ether oxygens (including phenoxy) is 1. The average Bonchev–Trinajstić information content (AvgIpc) is 2.25. The number of rotatable bonds is 1. The number of thiol groups is 1. The van der Waals surface area contributed by atoms with Gasteiger partial charge in [-0.05, 0) is 28.0 Å². The predicted molar refractivity (Wildman–Crippen MR) is 82.4 cm³/mol. The van der Waals surface area contributed by atoms with Gasteiger partial charge in [-0.15, -0.1) is 12.6 Å². The van der Waals surface area contributed by atoms with Crippen molar-refractivity contribution in [3.63, 3.8) is 0 Å². The zero-order chi connectivity index (χ0) is 15.0. The van der Waals surface area contributed by atoms with Crippen molar-refractivity contribution in [2.24, 2.45) is 0 Å². The fourth-order valence-corrected chi connectivity index (χ4v) is 2.46. The van der Waals surface area contributed by atoms with Gasteiger partial charge in [-0.3, -0.25) is 0 Å². The van der Waals surface area contributed by atoms with Gasteiger partial charge in [0.2, 0.25) is 0 Å². The van der Waals surface area contributed by atoms with Crippen LogP contribution in [0.15, 0.2) is 17.0 Å². The number of methoxy groups -OCH3 is 1. The Morgan fingerprint density at radius 3 is 1.95 bits per heavy atom. The van der Waals surface area contributed by atoms with Gasteiger partial charge in [0, 0.05) is 4.90 Å². The molecule has 0 N–H and O–H groups in total.